The Bertz CT molecular complexity index is 89.7. The van der Waals surface area contributed by atoms with Crippen LogP contribution in [0.25, 0.3) is 0 Å². The molecule has 0 aromatic carbocycles. The normalized spacial score (nSPS) is 26.4. The number of nitrogens with two attached hydrogens (primary N) is 1. The van der Waals surface area contributed by atoms with E-state index < -0.39 is 11.0 Å². The van der Waals surface area contributed by atoms with E-state index >= 15 is 0 Å². The quantitative estimate of drug-likeness (QED) is 0.525. The largest absolute Gasteiger partial charge is 0.252 e. The maximum Gasteiger partial charge on any atom is 0.0919 e. The summed E-state index contributed by atoms with van der Waals surface area (Å²) in [5, 5.41) is 5.40. The maximum absolute atomic E-state index is 10.3. The Balaban J connectivity index is 2.27. The fraction of sp³-hybridized carbons (Fsp3) is 1.00. The molecular formula is C4H9NOS. The Labute approximate surface area is 45.7 Å². The van der Waals surface area contributed by atoms with Gasteiger partial charge in [-0.15, -0.1) is 0 Å². The molecule has 0 bridgehead atoms. The molecule has 0 spiro atoms. The summed E-state index contributed by atoms with van der Waals surface area (Å²) in [6, 6.07) is 0. The van der Waals surface area contributed by atoms with Crippen molar-refractivity contribution in [2.45, 2.75) is 24.5 Å². The van der Waals surface area contributed by atoms with Crippen LogP contribution in [-0.2, 0) is 11.0 Å². The first-order chi connectivity index (χ1) is 3.30. The second-order valence-corrected chi connectivity index (χ2v) is 3.21. The van der Waals surface area contributed by atoms with E-state index in [1.807, 2.05) is 0 Å². The zero-order valence-electron chi connectivity index (χ0n) is 4.09. The summed E-state index contributed by atoms with van der Waals surface area (Å²) in [5.74, 6) is 0. The third-order valence-corrected chi connectivity index (χ3v) is 2.51. The van der Waals surface area contributed by atoms with Crippen LogP contribution in [0.15, 0.2) is 0 Å². The minimum Gasteiger partial charge on any atom is -0.252 e. The fourth-order valence-corrected chi connectivity index (χ4v) is 1.40. The zero-order valence-corrected chi connectivity index (χ0v) is 4.91. The Kier molecular flexibility index (Phi) is 1.44. The van der Waals surface area contributed by atoms with Gasteiger partial charge in [0.1, 0.15) is 0 Å². The van der Waals surface area contributed by atoms with Gasteiger partial charge in [0.25, 0.3) is 0 Å². The summed E-state index contributed by atoms with van der Waals surface area (Å²) in [6.45, 7) is 0. The molecule has 1 atom stereocenters. The predicted octanol–water partition coefficient (Wildman–Crippen LogP) is 0.161. The second kappa shape index (κ2) is 1.92. The third-order valence-electron chi connectivity index (χ3n) is 1.38. The van der Waals surface area contributed by atoms with Crippen molar-refractivity contribution in [2.75, 3.05) is 0 Å². The van der Waals surface area contributed by atoms with E-state index in [4.69, 9.17) is 5.14 Å². The van der Waals surface area contributed by atoms with Gasteiger partial charge in [0.15, 0.2) is 0 Å². The summed E-state index contributed by atoms with van der Waals surface area (Å²) < 4.78 is 10.3. The lowest BCUT2D eigenvalue weighted by atomic mass is 10.0. The first kappa shape index (κ1) is 5.25. The molecule has 1 aliphatic carbocycles. The summed E-state index contributed by atoms with van der Waals surface area (Å²) in [6.07, 6.45) is 3.36. The molecule has 0 amide bonds. The Hall–Kier alpha value is 0.110. The van der Waals surface area contributed by atoms with Crippen LogP contribution in [0.4, 0.5) is 0 Å². The maximum atomic E-state index is 10.3. The van der Waals surface area contributed by atoms with E-state index in [1.54, 1.807) is 0 Å². The van der Waals surface area contributed by atoms with Crippen LogP contribution in [0.5, 0.6) is 0 Å². The number of hydrogen-bond donors (Lipinski definition) is 1. The van der Waals surface area contributed by atoms with Crippen molar-refractivity contribution in [1.82, 2.24) is 0 Å². The highest BCUT2D eigenvalue weighted by molar-refractivity contribution is 7.83. The highest BCUT2D eigenvalue weighted by Crippen LogP contribution is 2.21. The van der Waals surface area contributed by atoms with Gasteiger partial charge in [-0.3, -0.25) is 5.14 Å². The lowest BCUT2D eigenvalue weighted by Gasteiger charge is -2.21. The van der Waals surface area contributed by atoms with E-state index in [1.165, 1.54) is 6.42 Å². The topological polar surface area (TPSA) is 43.1 Å². The molecule has 1 saturated carbocycles. The Morgan fingerprint density at radius 2 is 2.14 bits per heavy atom. The van der Waals surface area contributed by atoms with E-state index in [0.29, 0.717) is 5.25 Å². The predicted molar refractivity (Wildman–Crippen MR) is 30.0 cm³/mol. The molecule has 2 N–H and O–H groups in total. The van der Waals surface area contributed by atoms with E-state index in [-0.39, 0.29) is 0 Å². The van der Waals surface area contributed by atoms with Gasteiger partial charge in [-0.2, -0.15) is 0 Å². The third kappa shape index (κ3) is 1.01. The molecule has 1 rings (SSSR count). The molecule has 0 aliphatic heterocycles. The molecule has 0 heterocycles. The van der Waals surface area contributed by atoms with Crippen LogP contribution >= 0.6 is 0 Å². The lowest BCUT2D eigenvalue weighted by Crippen LogP contribution is -2.28. The van der Waals surface area contributed by atoms with Crippen molar-refractivity contribution >= 4 is 11.0 Å². The molecule has 1 fully saturated rings. The van der Waals surface area contributed by atoms with Crippen molar-refractivity contribution in [2.24, 2.45) is 5.14 Å². The molecule has 1 aliphatic rings. The van der Waals surface area contributed by atoms with Crippen molar-refractivity contribution in [3.8, 4) is 0 Å². The first-order valence-corrected chi connectivity index (χ1v) is 3.73. The van der Waals surface area contributed by atoms with Crippen molar-refractivity contribution in [1.29, 1.82) is 0 Å². The van der Waals surface area contributed by atoms with Crippen LogP contribution in [0, 0.1) is 0 Å². The van der Waals surface area contributed by atoms with Gasteiger partial charge in [0, 0.05) is 5.25 Å². The molecule has 42 valence electrons. The smallest absolute Gasteiger partial charge is 0.0919 e. The number of rotatable bonds is 1. The van der Waals surface area contributed by atoms with Crippen LogP contribution in [0.3, 0.4) is 0 Å². The lowest BCUT2D eigenvalue weighted by molar-refractivity contribution is 0.505. The van der Waals surface area contributed by atoms with Crippen LogP contribution in [0.2, 0.25) is 0 Å². The first-order valence-electron chi connectivity index (χ1n) is 2.45. The molecule has 0 aromatic heterocycles. The monoisotopic (exact) mass is 119 g/mol. The number of hydrogen-bond acceptors (Lipinski definition) is 1. The molecule has 7 heavy (non-hydrogen) atoms. The molecule has 0 radical (unpaired) electrons. The van der Waals surface area contributed by atoms with Crippen molar-refractivity contribution < 1.29 is 4.21 Å². The summed E-state index contributed by atoms with van der Waals surface area (Å²) in [7, 11) is -1.02. The SMILES string of the molecule is NS(=O)C1CCC1. The van der Waals surface area contributed by atoms with Crippen LogP contribution in [-0.4, -0.2) is 9.46 Å². The highest BCUT2D eigenvalue weighted by atomic mass is 32.2. The van der Waals surface area contributed by atoms with E-state index in [2.05, 4.69) is 0 Å². The minimum atomic E-state index is -1.02. The average Bonchev–Trinajstić information content (AvgIpc) is 1.23. The van der Waals surface area contributed by atoms with Crippen LogP contribution < -0.4 is 5.14 Å². The van der Waals surface area contributed by atoms with Gasteiger partial charge >= 0.3 is 0 Å². The van der Waals surface area contributed by atoms with Gasteiger partial charge in [-0.25, -0.2) is 4.21 Å². The molecule has 0 saturated heterocycles. The van der Waals surface area contributed by atoms with Crippen molar-refractivity contribution in [3.63, 3.8) is 0 Å². The summed E-state index contributed by atoms with van der Waals surface area (Å²) >= 11 is 0. The van der Waals surface area contributed by atoms with Crippen molar-refractivity contribution in [3.05, 3.63) is 0 Å². The fourth-order valence-electron chi connectivity index (χ4n) is 0.603. The second-order valence-electron chi connectivity index (χ2n) is 1.88. The van der Waals surface area contributed by atoms with Gasteiger partial charge in [-0.1, -0.05) is 6.42 Å². The van der Waals surface area contributed by atoms with E-state index in [0.717, 1.165) is 12.8 Å². The zero-order chi connectivity index (χ0) is 5.28. The van der Waals surface area contributed by atoms with Gasteiger partial charge in [-0.05, 0) is 12.8 Å². The summed E-state index contributed by atoms with van der Waals surface area (Å²) in [5.41, 5.74) is 0. The Morgan fingerprint density at radius 3 is 2.14 bits per heavy atom. The summed E-state index contributed by atoms with van der Waals surface area (Å²) in [4.78, 5) is 0. The standard InChI is InChI=1S/C4H9NOS/c5-7(6)4-2-1-3-4/h4H,1-3,5H2. The van der Waals surface area contributed by atoms with Gasteiger partial charge in [0.05, 0.1) is 11.0 Å². The van der Waals surface area contributed by atoms with Crippen LogP contribution in [0.1, 0.15) is 19.3 Å². The average molecular weight is 119 g/mol. The van der Waals surface area contributed by atoms with E-state index in [9.17, 15) is 4.21 Å². The van der Waals surface area contributed by atoms with Gasteiger partial charge < -0.3 is 0 Å². The van der Waals surface area contributed by atoms with Gasteiger partial charge in [0.2, 0.25) is 0 Å². The molecule has 3 heteroatoms. The molecule has 0 aromatic rings. The minimum absolute atomic E-state index is 0.333. The Morgan fingerprint density at radius 1 is 1.57 bits per heavy atom. The molecule has 1 unspecified atom stereocenters. The molecular weight excluding hydrogens is 110 g/mol. The highest BCUT2D eigenvalue weighted by Gasteiger charge is 2.20. The molecule has 2 nitrogen and oxygen atoms in total.